The predicted molar refractivity (Wildman–Crippen MR) is 105 cm³/mol. The number of hydrogen-bond donors (Lipinski definition) is 2. The second-order valence-corrected chi connectivity index (χ2v) is 6.72. The maximum absolute atomic E-state index is 12.7. The average Bonchev–Trinajstić information content (AvgIpc) is 2.70. The van der Waals surface area contributed by atoms with Crippen molar-refractivity contribution in [2.75, 3.05) is 0 Å². The molecule has 2 N–H and O–H groups in total. The number of rotatable bonds is 5. The largest absolute Gasteiger partial charge is 0.273 e. The first-order valence-corrected chi connectivity index (χ1v) is 8.95. The number of carbonyl (C=O) groups is 2. The van der Waals surface area contributed by atoms with Crippen LogP contribution >= 0.6 is 0 Å². The molecule has 138 valence electrons. The van der Waals surface area contributed by atoms with Crippen LogP contribution in [-0.2, 0) is 4.79 Å². The fraction of sp³-hybridized carbons (Fsp3) is 0.238. The van der Waals surface area contributed by atoms with E-state index in [2.05, 4.69) is 20.8 Å². The lowest BCUT2D eigenvalue weighted by Gasteiger charge is -2.11. The van der Waals surface area contributed by atoms with Crippen LogP contribution in [-0.4, -0.2) is 21.8 Å². The number of amides is 2. The Hall–Kier alpha value is -3.28. The Balaban J connectivity index is 1.86. The van der Waals surface area contributed by atoms with Crippen molar-refractivity contribution in [1.82, 2.24) is 20.8 Å². The van der Waals surface area contributed by atoms with Crippen molar-refractivity contribution in [3.05, 3.63) is 60.3 Å². The summed E-state index contributed by atoms with van der Waals surface area (Å²) in [5, 5.41) is 0.714. The monoisotopic (exact) mass is 362 g/mol. The molecule has 2 aromatic heterocycles. The van der Waals surface area contributed by atoms with E-state index in [0.29, 0.717) is 40.2 Å². The number of pyridine rings is 2. The Morgan fingerprint density at radius 1 is 1.00 bits per heavy atom. The van der Waals surface area contributed by atoms with Crippen LogP contribution in [0.4, 0.5) is 0 Å². The standard InChI is InChI=1S/C21H22N4O2/c1-14(2)10-11-20(26)24-25-21(27)16-13-19(18-9-5-6-12-22-18)23-17-8-4-3-7-15(16)17/h3-9,12-14H,10-11H2,1-2H3,(H,24,26)(H,25,27). The summed E-state index contributed by atoms with van der Waals surface area (Å²) in [7, 11) is 0. The number of para-hydroxylation sites is 1. The highest BCUT2D eigenvalue weighted by Gasteiger charge is 2.15. The third-order valence-corrected chi connectivity index (χ3v) is 4.15. The highest BCUT2D eigenvalue weighted by Crippen LogP contribution is 2.23. The zero-order chi connectivity index (χ0) is 19.2. The van der Waals surface area contributed by atoms with Gasteiger partial charge in [-0.2, -0.15) is 0 Å². The van der Waals surface area contributed by atoms with Gasteiger partial charge >= 0.3 is 0 Å². The van der Waals surface area contributed by atoms with Gasteiger partial charge in [0.05, 0.1) is 22.5 Å². The van der Waals surface area contributed by atoms with Crippen LogP contribution in [0.25, 0.3) is 22.3 Å². The first kappa shape index (κ1) is 18.5. The predicted octanol–water partition coefficient (Wildman–Crippen LogP) is 3.49. The molecule has 0 radical (unpaired) electrons. The lowest BCUT2D eigenvalue weighted by Crippen LogP contribution is -2.41. The van der Waals surface area contributed by atoms with Crippen LogP contribution in [0, 0.1) is 5.92 Å². The summed E-state index contributed by atoms with van der Waals surface area (Å²) in [6, 6.07) is 14.6. The summed E-state index contributed by atoms with van der Waals surface area (Å²) in [4.78, 5) is 33.5. The number of carbonyl (C=O) groups excluding carboxylic acids is 2. The Morgan fingerprint density at radius 2 is 1.78 bits per heavy atom. The summed E-state index contributed by atoms with van der Waals surface area (Å²) in [5.41, 5.74) is 7.40. The van der Waals surface area contributed by atoms with Gasteiger partial charge in [0.25, 0.3) is 5.91 Å². The van der Waals surface area contributed by atoms with E-state index in [-0.39, 0.29) is 11.8 Å². The zero-order valence-electron chi connectivity index (χ0n) is 15.4. The van der Waals surface area contributed by atoms with Gasteiger partial charge in [0.2, 0.25) is 5.91 Å². The summed E-state index contributed by atoms with van der Waals surface area (Å²) in [6.07, 6.45) is 2.82. The van der Waals surface area contributed by atoms with E-state index in [9.17, 15) is 9.59 Å². The van der Waals surface area contributed by atoms with E-state index in [1.54, 1.807) is 12.3 Å². The van der Waals surface area contributed by atoms with E-state index in [0.717, 1.165) is 6.42 Å². The molecule has 0 aliphatic rings. The molecule has 0 aliphatic heterocycles. The Bertz CT molecular complexity index is 955. The number of benzene rings is 1. The Morgan fingerprint density at radius 3 is 2.52 bits per heavy atom. The van der Waals surface area contributed by atoms with E-state index in [1.807, 2.05) is 56.3 Å². The highest BCUT2D eigenvalue weighted by molar-refractivity contribution is 6.07. The number of nitrogens with zero attached hydrogens (tertiary/aromatic N) is 2. The summed E-state index contributed by atoms with van der Waals surface area (Å²) in [5.74, 6) is -0.166. The fourth-order valence-electron chi connectivity index (χ4n) is 2.68. The van der Waals surface area contributed by atoms with Crippen LogP contribution in [0.2, 0.25) is 0 Å². The van der Waals surface area contributed by atoms with E-state index >= 15 is 0 Å². The highest BCUT2D eigenvalue weighted by atomic mass is 16.2. The lowest BCUT2D eigenvalue weighted by atomic mass is 10.1. The second kappa shape index (κ2) is 8.40. The molecule has 0 bridgehead atoms. The molecule has 0 fully saturated rings. The van der Waals surface area contributed by atoms with Gasteiger partial charge in [-0.05, 0) is 36.6 Å². The molecular weight excluding hydrogens is 340 g/mol. The molecule has 6 heteroatoms. The molecule has 2 heterocycles. The summed E-state index contributed by atoms with van der Waals surface area (Å²) >= 11 is 0. The summed E-state index contributed by atoms with van der Waals surface area (Å²) < 4.78 is 0. The molecule has 0 unspecified atom stereocenters. The van der Waals surface area contributed by atoms with E-state index < -0.39 is 0 Å². The van der Waals surface area contributed by atoms with Crippen molar-refractivity contribution in [2.45, 2.75) is 26.7 Å². The van der Waals surface area contributed by atoms with E-state index in [1.165, 1.54) is 0 Å². The molecule has 0 aliphatic carbocycles. The topological polar surface area (TPSA) is 84.0 Å². The number of fused-ring (bicyclic) bond motifs is 1. The van der Waals surface area contributed by atoms with Crippen LogP contribution in [0.15, 0.2) is 54.7 Å². The van der Waals surface area contributed by atoms with Gasteiger partial charge in [0, 0.05) is 18.0 Å². The normalized spacial score (nSPS) is 10.8. The molecule has 27 heavy (non-hydrogen) atoms. The summed E-state index contributed by atoms with van der Waals surface area (Å²) in [6.45, 7) is 4.10. The van der Waals surface area contributed by atoms with Crippen molar-refractivity contribution < 1.29 is 9.59 Å². The van der Waals surface area contributed by atoms with Crippen LogP contribution < -0.4 is 10.9 Å². The molecule has 2 amide bonds. The van der Waals surface area contributed by atoms with Gasteiger partial charge in [-0.25, -0.2) is 4.98 Å². The van der Waals surface area contributed by atoms with Crippen molar-refractivity contribution in [1.29, 1.82) is 0 Å². The smallest absolute Gasteiger partial charge is 0.270 e. The van der Waals surface area contributed by atoms with Crippen molar-refractivity contribution in [3.8, 4) is 11.4 Å². The molecule has 0 atom stereocenters. The number of nitrogens with one attached hydrogen (secondary N) is 2. The maximum atomic E-state index is 12.7. The molecule has 6 nitrogen and oxygen atoms in total. The van der Waals surface area contributed by atoms with Crippen LogP contribution in [0.5, 0.6) is 0 Å². The first-order chi connectivity index (χ1) is 13.0. The Labute approximate surface area is 158 Å². The van der Waals surface area contributed by atoms with Crippen molar-refractivity contribution in [2.24, 2.45) is 5.92 Å². The Kier molecular flexibility index (Phi) is 5.76. The molecular formula is C21H22N4O2. The SMILES string of the molecule is CC(C)CCC(=O)NNC(=O)c1cc(-c2ccccn2)nc2ccccc12. The van der Waals surface area contributed by atoms with E-state index in [4.69, 9.17) is 0 Å². The number of hydrazine groups is 1. The number of hydrogen-bond acceptors (Lipinski definition) is 4. The molecule has 0 spiro atoms. The fourth-order valence-corrected chi connectivity index (χ4v) is 2.68. The van der Waals surface area contributed by atoms with Crippen LogP contribution in [0.3, 0.4) is 0 Å². The lowest BCUT2D eigenvalue weighted by molar-refractivity contribution is -0.122. The minimum atomic E-state index is -0.385. The average molecular weight is 362 g/mol. The third-order valence-electron chi connectivity index (χ3n) is 4.15. The minimum absolute atomic E-state index is 0.208. The number of aromatic nitrogens is 2. The van der Waals surface area contributed by atoms with Crippen molar-refractivity contribution >= 4 is 22.7 Å². The third kappa shape index (κ3) is 4.67. The first-order valence-electron chi connectivity index (χ1n) is 8.95. The zero-order valence-corrected chi connectivity index (χ0v) is 15.4. The molecule has 0 saturated heterocycles. The minimum Gasteiger partial charge on any atom is -0.273 e. The molecule has 3 aromatic rings. The van der Waals surface area contributed by atoms with Gasteiger partial charge < -0.3 is 0 Å². The second-order valence-electron chi connectivity index (χ2n) is 6.72. The van der Waals surface area contributed by atoms with Crippen molar-refractivity contribution in [3.63, 3.8) is 0 Å². The van der Waals surface area contributed by atoms with Crippen LogP contribution in [0.1, 0.15) is 37.0 Å². The van der Waals surface area contributed by atoms with Gasteiger partial charge in [-0.1, -0.05) is 38.1 Å². The molecule has 1 aromatic carbocycles. The maximum Gasteiger partial charge on any atom is 0.270 e. The molecule has 3 rings (SSSR count). The quantitative estimate of drug-likeness (QED) is 0.681. The van der Waals surface area contributed by atoms with Gasteiger partial charge in [-0.15, -0.1) is 0 Å². The van der Waals surface area contributed by atoms with Gasteiger partial charge in [0.15, 0.2) is 0 Å². The van der Waals surface area contributed by atoms with Gasteiger partial charge in [-0.3, -0.25) is 25.4 Å². The van der Waals surface area contributed by atoms with Gasteiger partial charge in [0.1, 0.15) is 0 Å². The molecule has 0 saturated carbocycles.